The van der Waals surface area contributed by atoms with Crippen LogP contribution in [0, 0.1) is 0 Å². The summed E-state index contributed by atoms with van der Waals surface area (Å²) < 4.78 is 4.59. The number of nitrogens with zero attached hydrogens (tertiary/aromatic N) is 5. The van der Waals surface area contributed by atoms with Crippen LogP contribution in [0.4, 0.5) is 0 Å². The fourth-order valence-electron chi connectivity index (χ4n) is 8.15. The minimum Gasteiger partial charge on any atom is -0.309 e. The molecule has 11 aromatic rings. The smallest absolute Gasteiger partial charge is 0.238 e. The molecule has 8 aromatic carbocycles. The monoisotopic (exact) mass is 715 g/mol. The average Bonchev–Trinajstić information content (AvgIpc) is 3.79. The summed E-state index contributed by atoms with van der Waals surface area (Å²) in [5, 5.41) is 4.73. The van der Waals surface area contributed by atoms with E-state index < -0.39 is 0 Å². The lowest BCUT2D eigenvalue weighted by Gasteiger charge is -2.12. The zero-order valence-corrected chi connectivity index (χ0v) is 30.3. The van der Waals surface area contributed by atoms with E-state index in [4.69, 9.17) is 15.0 Å². The van der Waals surface area contributed by atoms with Crippen molar-refractivity contribution < 1.29 is 0 Å². The second-order valence-electron chi connectivity index (χ2n) is 14.1. The van der Waals surface area contributed by atoms with Crippen molar-refractivity contribution in [3.8, 4) is 56.7 Å². The molecule has 0 saturated heterocycles. The van der Waals surface area contributed by atoms with Crippen molar-refractivity contribution in [3.05, 3.63) is 200 Å². The molecule has 0 aliphatic rings. The summed E-state index contributed by atoms with van der Waals surface area (Å²) in [5.41, 5.74) is 12.0. The van der Waals surface area contributed by atoms with E-state index in [0.717, 1.165) is 55.3 Å². The second kappa shape index (κ2) is 13.0. The highest BCUT2D eigenvalue weighted by Gasteiger charge is 2.19. The Hall–Kier alpha value is -7.63. The number of hydrogen-bond acceptors (Lipinski definition) is 3. The van der Waals surface area contributed by atoms with Crippen molar-refractivity contribution >= 4 is 43.6 Å². The molecule has 0 spiro atoms. The molecule has 0 radical (unpaired) electrons. The van der Waals surface area contributed by atoms with Crippen molar-refractivity contribution in [2.24, 2.45) is 0 Å². The summed E-state index contributed by atoms with van der Waals surface area (Å²) in [6, 6.07) is 70.5. The highest BCUT2D eigenvalue weighted by atomic mass is 15.2. The SMILES string of the molecule is c1ccc(-c2cccc(-n3c4ccccc4c4ccc(-c5ccc6c7ccccc7n(-c7nc(-c8ccccc8)nc(-c8ccccc8)n7)c6c5)cc43)c2)cc1. The van der Waals surface area contributed by atoms with Crippen LogP contribution < -0.4 is 0 Å². The summed E-state index contributed by atoms with van der Waals surface area (Å²) in [5.74, 6) is 1.84. The van der Waals surface area contributed by atoms with E-state index in [9.17, 15) is 0 Å². The molecule has 3 heterocycles. The first-order valence-electron chi connectivity index (χ1n) is 18.9. The minimum absolute atomic E-state index is 0.579. The van der Waals surface area contributed by atoms with Crippen molar-refractivity contribution in [2.75, 3.05) is 0 Å². The van der Waals surface area contributed by atoms with Crippen LogP contribution in [0.5, 0.6) is 0 Å². The van der Waals surface area contributed by atoms with Crippen LogP contribution in [-0.4, -0.2) is 24.1 Å². The number of aromatic nitrogens is 5. The molecule has 11 rings (SSSR count). The molecule has 0 bridgehead atoms. The summed E-state index contributed by atoms with van der Waals surface area (Å²) in [6.07, 6.45) is 0. The maximum atomic E-state index is 5.15. The lowest BCUT2D eigenvalue weighted by Crippen LogP contribution is -2.06. The normalized spacial score (nSPS) is 11.6. The minimum atomic E-state index is 0.579. The Kier molecular flexibility index (Phi) is 7.42. The van der Waals surface area contributed by atoms with Crippen LogP contribution in [0.2, 0.25) is 0 Å². The van der Waals surface area contributed by atoms with Gasteiger partial charge in [-0.1, -0.05) is 164 Å². The lowest BCUT2D eigenvalue weighted by molar-refractivity contribution is 0.953. The fourth-order valence-corrected chi connectivity index (χ4v) is 8.15. The first kappa shape index (κ1) is 31.9. The second-order valence-corrected chi connectivity index (χ2v) is 14.1. The van der Waals surface area contributed by atoms with Gasteiger partial charge in [-0.25, -0.2) is 4.98 Å². The van der Waals surface area contributed by atoms with Gasteiger partial charge in [-0.15, -0.1) is 0 Å². The Balaban J connectivity index is 1.12. The van der Waals surface area contributed by atoms with E-state index in [1.807, 2.05) is 60.7 Å². The third-order valence-corrected chi connectivity index (χ3v) is 10.8. The van der Waals surface area contributed by atoms with E-state index in [1.165, 1.54) is 27.4 Å². The molecule has 0 fully saturated rings. The first-order valence-corrected chi connectivity index (χ1v) is 18.9. The standard InChI is InChI=1S/C51H33N5/c1-4-15-34(16-5-1)37-21-14-22-40(31-37)55-45-25-12-10-23-41(45)43-29-27-38(32-47(43)55)39-28-30-44-42-24-11-13-26-46(42)56(48(44)33-39)51-53-49(35-17-6-2-7-18-35)52-50(54-51)36-19-8-3-9-20-36/h1-33H. The van der Waals surface area contributed by atoms with Gasteiger partial charge in [-0.3, -0.25) is 4.57 Å². The van der Waals surface area contributed by atoms with Gasteiger partial charge in [0.2, 0.25) is 5.95 Å². The van der Waals surface area contributed by atoms with Crippen molar-refractivity contribution in [2.45, 2.75) is 0 Å². The molecule has 56 heavy (non-hydrogen) atoms. The third-order valence-electron chi connectivity index (χ3n) is 10.8. The molecule has 5 heteroatoms. The molecule has 0 aliphatic heterocycles. The van der Waals surface area contributed by atoms with E-state index in [2.05, 4.69) is 149 Å². The Bertz CT molecular complexity index is 3180. The predicted octanol–water partition coefficient (Wildman–Crippen LogP) is 12.7. The lowest BCUT2D eigenvalue weighted by atomic mass is 10.0. The topological polar surface area (TPSA) is 48.5 Å². The molecule has 0 amide bonds. The van der Waals surface area contributed by atoms with Crippen LogP contribution in [0.15, 0.2) is 200 Å². The fraction of sp³-hybridized carbons (Fsp3) is 0. The number of para-hydroxylation sites is 2. The molecule has 5 nitrogen and oxygen atoms in total. The van der Waals surface area contributed by atoms with Crippen molar-refractivity contribution in [3.63, 3.8) is 0 Å². The zero-order valence-electron chi connectivity index (χ0n) is 30.3. The van der Waals surface area contributed by atoms with Gasteiger partial charge < -0.3 is 4.57 Å². The quantitative estimate of drug-likeness (QED) is 0.172. The van der Waals surface area contributed by atoms with Gasteiger partial charge >= 0.3 is 0 Å². The molecule has 0 unspecified atom stereocenters. The first-order chi connectivity index (χ1) is 27.8. The highest BCUT2D eigenvalue weighted by molar-refractivity contribution is 6.12. The van der Waals surface area contributed by atoms with Crippen LogP contribution in [0.1, 0.15) is 0 Å². The van der Waals surface area contributed by atoms with Gasteiger partial charge in [0.1, 0.15) is 0 Å². The molecule has 0 atom stereocenters. The molecule has 262 valence electrons. The average molecular weight is 716 g/mol. The molecule has 0 aliphatic carbocycles. The Morgan fingerprint density at radius 1 is 0.268 bits per heavy atom. The molecule has 0 N–H and O–H groups in total. The number of fused-ring (bicyclic) bond motifs is 6. The largest absolute Gasteiger partial charge is 0.309 e. The summed E-state index contributed by atoms with van der Waals surface area (Å²) in [7, 11) is 0. The van der Waals surface area contributed by atoms with E-state index in [0.29, 0.717) is 17.6 Å². The van der Waals surface area contributed by atoms with Crippen molar-refractivity contribution in [1.29, 1.82) is 0 Å². The van der Waals surface area contributed by atoms with E-state index >= 15 is 0 Å². The van der Waals surface area contributed by atoms with Gasteiger partial charge in [0.15, 0.2) is 11.6 Å². The molecule has 3 aromatic heterocycles. The Morgan fingerprint density at radius 2 is 0.696 bits per heavy atom. The van der Waals surface area contributed by atoms with Gasteiger partial charge in [-0.05, 0) is 58.7 Å². The molecular formula is C51H33N5. The Labute approximate surface area is 323 Å². The number of hydrogen-bond donors (Lipinski definition) is 0. The van der Waals surface area contributed by atoms with Crippen LogP contribution >= 0.6 is 0 Å². The van der Waals surface area contributed by atoms with E-state index in [-0.39, 0.29) is 0 Å². The molecular weight excluding hydrogens is 683 g/mol. The molecule has 0 saturated carbocycles. The maximum Gasteiger partial charge on any atom is 0.238 e. The number of rotatable bonds is 6. The van der Waals surface area contributed by atoms with Gasteiger partial charge in [0, 0.05) is 38.4 Å². The third kappa shape index (κ3) is 5.29. The van der Waals surface area contributed by atoms with Crippen LogP contribution in [0.3, 0.4) is 0 Å². The van der Waals surface area contributed by atoms with Crippen LogP contribution in [-0.2, 0) is 0 Å². The predicted molar refractivity (Wildman–Crippen MR) is 230 cm³/mol. The maximum absolute atomic E-state index is 5.15. The van der Waals surface area contributed by atoms with Gasteiger partial charge in [0.05, 0.1) is 22.1 Å². The summed E-state index contributed by atoms with van der Waals surface area (Å²) in [6.45, 7) is 0. The number of benzene rings is 8. The summed E-state index contributed by atoms with van der Waals surface area (Å²) in [4.78, 5) is 15.3. The van der Waals surface area contributed by atoms with Crippen LogP contribution in [0.25, 0.3) is 100 Å². The zero-order chi connectivity index (χ0) is 37.0. The van der Waals surface area contributed by atoms with Gasteiger partial charge in [-0.2, -0.15) is 9.97 Å². The van der Waals surface area contributed by atoms with Gasteiger partial charge in [0.25, 0.3) is 0 Å². The highest BCUT2D eigenvalue weighted by Crippen LogP contribution is 2.38. The van der Waals surface area contributed by atoms with Crippen molar-refractivity contribution in [1.82, 2.24) is 24.1 Å². The summed E-state index contributed by atoms with van der Waals surface area (Å²) >= 11 is 0. The Morgan fingerprint density at radius 3 is 1.27 bits per heavy atom. The van der Waals surface area contributed by atoms with E-state index in [1.54, 1.807) is 0 Å².